The van der Waals surface area contributed by atoms with E-state index in [1.807, 2.05) is 0 Å². The number of aliphatic hydroxyl groups excluding tert-OH is 1. The molecule has 2 N–H and O–H groups in total. The largest absolute Gasteiger partial charge is 0.396 e. The van der Waals surface area contributed by atoms with Gasteiger partial charge >= 0.3 is 0 Å². The highest BCUT2D eigenvalue weighted by Crippen LogP contribution is 2.29. The number of nitrogens with zero attached hydrogens (tertiary/aromatic N) is 1. The van der Waals surface area contributed by atoms with Gasteiger partial charge in [-0.15, -0.1) is 0 Å². The highest BCUT2D eigenvalue weighted by Gasteiger charge is 2.35. The van der Waals surface area contributed by atoms with Gasteiger partial charge in [0.15, 0.2) is 0 Å². The molecule has 3 heteroatoms. The molecule has 2 fully saturated rings. The summed E-state index contributed by atoms with van der Waals surface area (Å²) in [5.74, 6) is 0. The Morgan fingerprint density at radius 2 is 1.82 bits per heavy atom. The monoisotopic (exact) mass is 240 g/mol. The Hall–Kier alpha value is -0.120. The van der Waals surface area contributed by atoms with Crippen LogP contribution in [0.25, 0.3) is 0 Å². The van der Waals surface area contributed by atoms with Crippen LogP contribution in [-0.4, -0.2) is 47.8 Å². The van der Waals surface area contributed by atoms with Gasteiger partial charge in [0, 0.05) is 24.7 Å². The van der Waals surface area contributed by atoms with Crippen LogP contribution in [0.1, 0.15) is 51.9 Å². The predicted octanol–water partition coefficient (Wildman–Crippen LogP) is 1.75. The number of nitrogens with one attached hydrogen (secondary N) is 1. The Bertz CT molecular complexity index is 210. The molecule has 0 aliphatic carbocycles. The van der Waals surface area contributed by atoms with E-state index in [-0.39, 0.29) is 0 Å². The lowest BCUT2D eigenvalue weighted by Crippen LogP contribution is -2.48. The third-order valence-electron chi connectivity index (χ3n) is 4.47. The van der Waals surface area contributed by atoms with E-state index in [1.54, 1.807) is 0 Å². The standard InChI is InChI=1S/C14H28N2O/c1-2-16(8-4-3-5-9-17)14-10-12-6-7-13(11-14)15-12/h12-15,17H,2-11H2,1H3. The fraction of sp³-hybridized carbons (Fsp3) is 1.00. The maximum absolute atomic E-state index is 8.79. The molecule has 0 saturated carbocycles. The van der Waals surface area contributed by atoms with Crippen LogP contribution < -0.4 is 5.32 Å². The molecule has 3 nitrogen and oxygen atoms in total. The number of hydrogen-bond donors (Lipinski definition) is 2. The van der Waals surface area contributed by atoms with Crippen molar-refractivity contribution in [3.05, 3.63) is 0 Å². The van der Waals surface area contributed by atoms with Crippen LogP contribution in [-0.2, 0) is 0 Å². The zero-order chi connectivity index (χ0) is 12.1. The lowest BCUT2D eigenvalue weighted by molar-refractivity contribution is 0.144. The molecule has 0 aromatic carbocycles. The van der Waals surface area contributed by atoms with Crippen LogP contribution >= 0.6 is 0 Å². The van der Waals surface area contributed by atoms with E-state index in [0.29, 0.717) is 6.61 Å². The first-order valence-corrected chi connectivity index (χ1v) is 7.44. The minimum Gasteiger partial charge on any atom is -0.396 e. The second-order valence-corrected chi connectivity index (χ2v) is 5.68. The zero-order valence-corrected chi connectivity index (χ0v) is 11.2. The van der Waals surface area contributed by atoms with Crippen molar-refractivity contribution in [3.8, 4) is 0 Å². The van der Waals surface area contributed by atoms with E-state index < -0.39 is 0 Å². The molecule has 0 aromatic rings. The van der Waals surface area contributed by atoms with Crippen molar-refractivity contribution in [2.45, 2.75) is 70.0 Å². The summed E-state index contributed by atoms with van der Waals surface area (Å²) in [6.45, 7) is 5.05. The lowest BCUT2D eigenvalue weighted by Gasteiger charge is -2.37. The van der Waals surface area contributed by atoms with Gasteiger partial charge in [0.05, 0.1) is 0 Å². The second-order valence-electron chi connectivity index (χ2n) is 5.68. The van der Waals surface area contributed by atoms with Gasteiger partial charge in [-0.3, -0.25) is 0 Å². The average molecular weight is 240 g/mol. The van der Waals surface area contributed by atoms with Gasteiger partial charge in [-0.2, -0.15) is 0 Å². The smallest absolute Gasteiger partial charge is 0.0431 e. The predicted molar refractivity (Wildman–Crippen MR) is 71.2 cm³/mol. The molecule has 0 spiro atoms. The van der Waals surface area contributed by atoms with E-state index in [9.17, 15) is 0 Å². The average Bonchev–Trinajstić information content (AvgIpc) is 2.68. The highest BCUT2D eigenvalue weighted by atomic mass is 16.2. The third-order valence-corrected chi connectivity index (χ3v) is 4.47. The van der Waals surface area contributed by atoms with Crippen LogP contribution in [0.4, 0.5) is 0 Å². The molecule has 2 unspecified atom stereocenters. The molecule has 0 radical (unpaired) electrons. The molecule has 2 aliphatic heterocycles. The van der Waals surface area contributed by atoms with Crippen molar-refractivity contribution in [1.82, 2.24) is 10.2 Å². The number of fused-ring (bicyclic) bond motifs is 2. The van der Waals surface area contributed by atoms with E-state index >= 15 is 0 Å². The number of rotatable bonds is 7. The maximum Gasteiger partial charge on any atom is 0.0431 e. The lowest BCUT2D eigenvalue weighted by atomic mass is 9.98. The van der Waals surface area contributed by atoms with E-state index in [1.165, 1.54) is 51.6 Å². The molecular formula is C14H28N2O. The number of unbranched alkanes of at least 4 members (excludes halogenated alkanes) is 2. The highest BCUT2D eigenvalue weighted by molar-refractivity contribution is 4.95. The van der Waals surface area contributed by atoms with Gasteiger partial charge < -0.3 is 15.3 Å². The van der Waals surface area contributed by atoms with Crippen LogP contribution in [0.2, 0.25) is 0 Å². The number of hydrogen-bond acceptors (Lipinski definition) is 3. The van der Waals surface area contributed by atoms with Gasteiger partial charge in [0.25, 0.3) is 0 Å². The molecule has 2 heterocycles. The second kappa shape index (κ2) is 6.72. The summed E-state index contributed by atoms with van der Waals surface area (Å²) in [7, 11) is 0. The van der Waals surface area contributed by atoms with Crippen LogP contribution in [0.15, 0.2) is 0 Å². The van der Waals surface area contributed by atoms with Crippen molar-refractivity contribution in [3.63, 3.8) is 0 Å². The molecule has 2 bridgehead atoms. The minimum absolute atomic E-state index is 0.351. The topological polar surface area (TPSA) is 35.5 Å². The van der Waals surface area contributed by atoms with Crippen molar-refractivity contribution in [1.29, 1.82) is 0 Å². The van der Waals surface area contributed by atoms with Crippen molar-refractivity contribution < 1.29 is 5.11 Å². The van der Waals surface area contributed by atoms with Crippen molar-refractivity contribution >= 4 is 0 Å². The first kappa shape index (κ1) is 13.3. The fourth-order valence-electron chi connectivity index (χ4n) is 3.53. The Morgan fingerprint density at radius 3 is 2.41 bits per heavy atom. The molecule has 2 atom stereocenters. The fourth-order valence-corrected chi connectivity index (χ4v) is 3.53. The zero-order valence-electron chi connectivity index (χ0n) is 11.2. The van der Waals surface area contributed by atoms with Gasteiger partial charge in [-0.1, -0.05) is 6.92 Å². The summed E-state index contributed by atoms with van der Waals surface area (Å²) in [5.41, 5.74) is 0. The Balaban J connectivity index is 1.73. The first-order chi connectivity index (χ1) is 8.33. The normalized spacial score (nSPS) is 32.3. The third kappa shape index (κ3) is 3.67. The number of aliphatic hydroxyl groups is 1. The molecule has 0 amide bonds. The molecular weight excluding hydrogens is 212 g/mol. The van der Waals surface area contributed by atoms with Gasteiger partial charge in [0.1, 0.15) is 0 Å². The van der Waals surface area contributed by atoms with E-state index in [4.69, 9.17) is 5.11 Å². The van der Waals surface area contributed by atoms with Gasteiger partial charge in [-0.25, -0.2) is 0 Å². The molecule has 2 aliphatic rings. The molecule has 0 aromatic heterocycles. The summed E-state index contributed by atoms with van der Waals surface area (Å²) in [5, 5.41) is 12.5. The molecule has 2 rings (SSSR count). The van der Waals surface area contributed by atoms with Gasteiger partial charge in [0.2, 0.25) is 0 Å². The first-order valence-electron chi connectivity index (χ1n) is 7.44. The Morgan fingerprint density at radius 1 is 1.12 bits per heavy atom. The van der Waals surface area contributed by atoms with Crippen molar-refractivity contribution in [2.75, 3.05) is 19.7 Å². The van der Waals surface area contributed by atoms with Gasteiger partial charge in [-0.05, 0) is 58.0 Å². The molecule has 17 heavy (non-hydrogen) atoms. The summed E-state index contributed by atoms with van der Waals surface area (Å²) in [4.78, 5) is 2.67. The summed E-state index contributed by atoms with van der Waals surface area (Å²) in [6.07, 6.45) is 8.87. The molecule has 2 saturated heterocycles. The maximum atomic E-state index is 8.79. The summed E-state index contributed by atoms with van der Waals surface area (Å²) < 4.78 is 0. The summed E-state index contributed by atoms with van der Waals surface area (Å²) >= 11 is 0. The van der Waals surface area contributed by atoms with Crippen molar-refractivity contribution in [2.24, 2.45) is 0 Å². The Kier molecular flexibility index (Phi) is 5.26. The van der Waals surface area contributed by atoms with E-state index in [2.05, 4.69) is 17.1 Å². The SMILES string of the molecule is CCN(CCCCCO)C1CC2CCC(C1)N2. The minimum atomic E-state index is 0.351. The van der Waals surface area contributed by atoms with Crippen LogP contribution in [0.3, 0.4) is 0 Å². The summed E-state index contributed by atoms with van der Waals surface area (Å²) in [6, 6.07) is 2.41. The molecule has 100 valence electrons. The van der Waals surface area contributed by atoms with Crippen LogP contribution in [0, 0.1) is 0 Å². The Labute approximate surface area is 106 Å². The van der Waals surface area contributed by atoms with E-state index in [0.717, 1.165) is 24.5 Å². The number of piperidine rings is 1. The van der Waals surface area contributed by atoms with Crippen LogP contribution in [0.5, 0.6) is 0 Å². The quantitative estimate of drug-likeness (QED) is 0.666.